The number of rotatable bonds is 53. The summed E-state index contributed by atoms with van der Waals surface area (Å²) in [5, 5.41) is 0. The molecule has 0 aliphatic heterocycles. The highest BCUT2D eigenvalue weighted by Crippen LogP contribution is 2.17. The summed E-state index contributed by atoms with van der Waals surface area (Å²) in [4.78, 5) is 37.9. The summed E-state index contributed by atoms with van der Waals surface area (Å²) >= 11 is 0. The minimum Gasteiger partial charge on any atom is -0.462 e. The molecule has 1 unspecified atom stereocenters. The Balaban J connectivity index is 4.11. The van der Waals surface area contributed by atoms with Crippen LogP contribution in [0.3, 0.4) is 0 Å². The first-order valence-electron chi connectivity index (χ1n) is 28.7. The number of hydrogen-bond donors (Lipinski definition) is 0. The van der Waals surface area contributed by atoms with Crippen molar-refractivity contribution in [2.45, 2.75) is 329 Å². The van der Waals surface area contributed by atoms with Crippen LogP contribution in [0.4, 0.5) is 0 Å². The summed E-state index contributed by atoms with van der Waals surface area (Å²) < 4.78 is 16.8. The van der Waals surface area contributed by atoms with Gasteiger partial charge in [-0.2, -0.15) is 0 Å². The van der Waals surface area contributed by atoms with Gasteiger partial charge in [0.2, 0.25) is 0 Å². The number of carbonyl (C=O) groups is 3. The number of ether oxygens (including phenoxy) is 3. The topological polar surface area (TPSA) is 78.9 Å². The summed E-state index contributed by atoms with van der Waals surface area (Å²) in [5.74, 6) is -0.863. The third-order valence-corrected chi connectivity index (χ3v) is 13.0. The predicted octanol–water partition coefficient (Wildman–Crippen LogP) is 18.9. The van der Waals surface area contributed by atoms with E-state index in [2.05, 4.69) is 32.9 Å². The molecule has 64 heavy (non-hydrogen) atoms. The molecule has 0 rings (SSSR count). The lowest BCUT2D eigenvalue weighted by Crippen LogP contribution is -2.30. The Kier molecular flexibility index (Phi) is 52.2. The summed E-state index contributed by atoms with van der Waals surface area (Å²) in [5.41, 5.74) is 0. The van der Waals surface area contributed by atoms with Gasteiger partial charge in [0, 0.05) is 19.3 Å². The molecule has 6 heteroatoms. The number of esters is 3. The molecular formula is C58H110O6. The van der Waals surface area contributed by atoms with Crippen molar-refractivity contribution < 1.29 is 28.6 Å². The van der Waals surface area contributed by atoms with Gasteiger partial charge in [-0.1, -0.05) is 270 Å². The molecule has 0 aromatic rings. The Hall–Kier alpha value is -1.85. The van der Waals surface area contributed by atoms with Gasteiger partial charge in [-0.3, -0.25) is 14.4 Å². The maximum atomic E-state index is 12.8. The van der Waals surface area contributed by atoms with Crippen LogP contribution in [0.5, 0.6) is 0 Å². The van der Waals surface area contributed by atoms with Crippen LogP contribution in [0.25, 0.3) is 0 Å². The SMILES string of the molecule is CCCCCCCCC/C=C\CCCCCCCC(=O)OC(COC(=O)CCCCCCCCC)COC(=O)CCCCCCCCCCCCCCCCCCCCCCCCC. The zero-order valence-electron chi connectivity index (χ0n) is 43.3. The molecule has 0 aromatic carbocycles. The first-order valence-corrected chi connectivity index (χ1v) is 28.7. The van der Waals surface area contributed by atoms with Gasteiger partial charge in [0.1, 0.15) is 13.2 Å². The smallest absolute Gasteiger partial charge is 0.306 e. The fourth-order valence-electron chi connectivity index (χ4n) is 8.68. The Morgan fingerprint density at radius 2 is 0.516 bits per heavy atom. The molecule has 0 aliphatic carbocycles. The molecule has 0 amide bonds. The van der Waals surface area contributed by atoms with Crippen molar-refractivity contribution in [1.82, 2.24) is 0 Å². The number of allylic oxidation sites excluding steroid dienone is 2. The van der Waals surface area contributed by atoms with Crippen molar-refractivity contribution in [3.8, 4) is 0 Å². The molecule has 0 aliphatic rings. The average Bonchev–Trinajstić information content (AvgIpc) is 3.29. The highest BCUT2D eigenvalue weighted by atomic mass is 16.6. The molecule has 378 valence electrons. The van der Waals surface area contributed by atoms with Crippen molar-refractivity contribution in [3.63, 3.8) is 0 Å². The number of carbonyl (C=O) groups excluding carboxylic acids is 3. The van der Waals surface area contributed by atoms with E-state index in [9.17, 15) is 14.4 Å². The van der Waals surface area contributed by atoms with E-state index in [1.807, 2.05) is 0 Å². The molecule has 0 saturated heterocycles. The highest BCUT2D eigenvalue weighted by Gasteiger charge is 2.19. The number of hydrogen-bond acceptors (Lipinski definition) is 6. The molecule has 0 spiro atoms. The minimum atomic E-state index is -0.767. The van der Waals surface area contributed by atoms with E-state index in [4.69, 9.17) is 14.2 Å². The standard InChI is InChI=1S/C58H110O6/c1-4-7-10-13-16-18-20-22-24-26-27-28-29-30-31-32-34-35-37-39-42-45-48-51-57(60)63-54-55(53-62-56(59)50-47-44-41-15-12-9-6-3)64-58(61)52-49-46-43-40-38-36-33-25-23-21-19-17-14-11-8-5-2/h25,33,55H,4-24,26-32,34-54H2,1-3H3/b33-25-. The molecule has 0 radical (unpaired) electrons. The van der Waals surface area contributed by atoms with Gasteiger partial charge in [-0.25, -0.2) is 0 Å². The maximum Gasteiger partial charge on any atom is 0.306 e. The maximum absolute atomic E-state index is 12.8. The zero-order valence-corrected chi connectivity index (χ0v) is 43.3. The van der Waals surface area contributed by atoms with Crippen molar-refractivity contribution in [2.24, 2.45) is 0 Å². The molecule has 0 heterocycles. The Morgan fingerprint density at radius 3 is 0.781 bits per heavy atom. The Labute approximate surface area is 399 Å². The summed E-state index contributed by atoms with van der Waals surface area (Å²) in [6.07, 6.45) is 60.9. The van der Waals surface area contributed by atoms with Gasteiger partial charge in [0.25, 0.3) is 0 Å². The lowest BCUT2D eigenvalue weighted by molar-refractivity contribution is -0.167. The Morgan fingerprint density at radius 1 is 0.297 bits per heavy atom. The van der Waals surface area contributed by atoms with E-state index in [0.29, 0.717) is 19.3 Å². The lowest BCUT2D eigenvalue weighted by atomic mass is 10.0. The van der Waals surface area contributed by atoms with Crippen LogP contribution in [0.2, 0.25) is 0 Å². The van der Waals surface area contributed by atoms with Crippen LogP contribution in [0.15, 0.2) is 12.2 Å². The quantitative estimate of drug-likeness (QED) is 0.0262. The average molecular weight is 904 g/mol. The van der Waals surface area contributed by atoms with Crippen LogP contribution < -0.4 is 0 Å². The van der Waals surface area contributed by atoms with Gasteiger partial charge in [-0.05, 0) is 44.9 Å². The fourth-order valence-corrected chi connectivity index (χ4v) is 8.68. The van der Waals surface area contributed by atoms with E-state index in [1.165, 1.54) is 218 Å². The second kappa shape index (κ2) is 53.8. The normalized spacial score (nSPS) is 12.0. The van der Waals surface area contributed by atoms with E-state index < -0.39 is 6.10 Å². The van der Waals surface area contributed by atoms with E-state index in [-0.39, 0.29) is 31.1 Å². The molecule has 0 bridgehead atoms. The lowest BCUT2D eigenvalue weighted by Gasteiger charge is -2.18. The van der Waals surface area contributed by atoms with Gasteiger partial charge >= 0.3 is 17.9 Å². The van der Waals surface area contributed by atoms with Crippen molar-refractivity contribution in [1.29, 1.82) is 0 Å². The van der Waals surface area contributed by atoms with Crippen LogP contribution in [0.1, 0.15) is 323 Å². The van der Waals surface area contributed by atoms with Crippen molar-refractivity contribution in [3.05, 3.63) is 12.2 Å². The monoisotopic (exact) mass is 903 g/mol. The van der Waals surface area contributed by atoms with Gasteiger partial charge in [0.05, 0.1) is 0 Å². The summed E-state index contributed by atoms with van der Waals surface area (Å²) in [7, 11) is 0. The van der Waals surface area contributed by atoms with Gasteiger partial charge < -0.3 is 14.2 Å². The van der Waals surface area contributed by atoms with Crippen molar-refractivity contribution in [2.75, 3.05) is 13.2 Å². The summed E-state index contributed by atoms with van der Waals surface area (Å²) in [6, 6.07) is 0. The van der Waals surface area contributed by atoms with Crippen molar-refractivity contribution >= 4 is 17.9 Å². The van der Waals surface area contributed by atoms with E-state index in [1.54, 1.807) is 0 Å². The molecule has 1 atom stereocenters. The van der Waals surface area contributed by atoms with Crippen LogP contribution in [0, 0.1) is 0 Å². The molecule has 6 nitrogen and oxygen atoms in total. The minimum absolute atomic E-state index is 0.0683. The third kappa shape index (κ3) is 51.1. The zero-order chi connectivity index (χ0) is 46.5. The molecule has 0 saturated carbocycles. The molecule has 0 fully saturated rings. The van der Waals surface area contributed by atoms with Crippen LogP contribution >= 0.6 is 0 Å². The van der Waals surface area contributed by atoms with E-state index >= 15 is 0 Å². The molecule has 0 N–H and O–H groups in total. The molecular weight excluding hydrogens is 793 g/mol. The molecule has 0 aromatic heterocycles. The van der Waals surface area contributed by atoms with Crippen LogP contribution in [-0.4, -0.2) is 37.2 Å². The third-order valence-electron chi connectivity index (χ3n) is 13.0. The van der Waals surface area contributed by atoms with E-state index in [0.717, 1.165) is 64.2 Å². The highest BCUT2D eigenvalue weighted by molar-refractivity contribution is 5.71. The first-order chi connectivity index (χ1) is 31.5. The number of unbranched alkanes of at least 4 members (excludes halogenated alkanes) is 40. The first kappa shape index (κ1) is 62.1. The fraction of sp³-hybridized carbons (Fsp3) is 0.914. The van der Waals surface area contributed by atoms with Crippen LogP contribution in [-0.2, 0) is 28.6 Å². The summed E-state index contributed by atoms with van der Waals surface area (Å²) in [6.45, 7) is 6.64. The largest absolute Gasteiger partial charge is 0.462 e. The second-order valence-corrected chi connectivity index (χ2v) is 19.6. The second-order valence-electron chi connectivity index (χ2n) is 19.6. The Bertz CT molecular complexity index is 993. The predicted molar refractivity (Wildman–Crippen MR) is 275 cm³/mol. The van der Waals surface area contributed by atoms with Gasteiger partial charge in [0.15, 0.2) is 6.10 Å². The van der Waals surface area contributed by atoms with Gasteiger partial charge in [-0.15, -0.1) is 0 Å².